The Balaban J connectivity index is 1.84. The van der Waals surface area contributed by atoms with E-state index in [9.17, 15) is 10.2 Å². The topological polar surface area (TPSA) is 83.5 Å². The Morgan fingerprint density at radius 1 is 1.32 bits per heavy atom. The molecule has 0 amide bonds. The Labute approximate surface area is 113 Å². The van der Waals surface area contributed by atoms with Crippen molar-refractivity contribution < 1.29 is 10.2 Å². The van der Waals surface area contributed by atoms with Crippen LogP contribution in [-0.2, 0) is 6.54 Å². The molecule has 0 fully saturated rings. The number of phenols is 1. The number of fused-ring (bicyclic) bond motifs is 1. The van der Waals surface area contributed by atoms with Crippen LogP contribution in [0.15, 0.2) is 34.4 Å². The van der Waals surface area contributed by atoms with Gasteiger partial charge < -0.3 is 10.2 Å². The second kappa shape index (κ2) is 5.02. The molecule has 2 N–H and O–H groups in total. The fourth-order valence-corrected chi connectivity index (χ4v) is 2.63. The normalized spacial score (nSPS) is 18.7. The number of rotatable bonds is 2. The summed E-state index contributed by atoms with van der Waals surface area (Å²) in [5, 5.41) is 27.6. The van der Waals surface area contributed by atoms with E-state index in [-0.39, 0.29) is 5.75 Å². The summed E-state index contributed by atoms with van der Waals surface area (Å²) in [5.74, 6) is 1.34. The Morgan fingerprint density at radius 2 is 2.11 bits per heavy atom. The lowest BCUT2D eigenvalue weighted by molar-refractivity contribution is 0.171. The minimum Gasteiger partial charge on any atom is -0.508 e. The Morgan fingerprint density at radius 3 is 2.89 bits per heavy atom. The van der Waals surface area contributed by atoms with E-state index in [2.05, 4.69) is 15.2 Å². The highest BCUT2D eigenvalue weighted by Gasteiger charge is 2.21. The summed E-state index contributed by atoms with van der Waals surface area (Å²) >= 11 is 1.47. The predicted molar refractivity (Wildman–Crippen MR) is 72.1 cm³/mol. The second-order valence-corrected chi connectivity index (χ2v) is 5.19. The molecule has 6 nitrogen and oxygen atoms in total. The largest absolute Gasteiger partial charge is 0.508 e. The van der Waals surface area contributed by atoms with E-state index >= 15 is 0 Å². The third kappa shape index (κ3) is 2.61. The van der Waals surface area contributed by atoms with Crippen LogP contribution in [-0.4, -0.2) is 43.0 Å². The number of phenolic OH excluding ortho intramolecular Hbond substituents is 1. The zero-order valence-corrected chi connectivity index (χ0v) is 10.8. The van der Waals surface area contributed by atoms with Crippen LogP contribution in [0.25, 0.3) is 0 Å². The van der Waals surface area contributed by atoms with Crippen LogP contribution >= 0.6 is 11.8 Å². The summed E-state index contributed by atoms with van der Waals surface area (Å²) in [7, 11) is 0. The summed E-state index contributed by atoms with van der Waals surface area (Å²) in [6, 6.07) is 6.71. The predicted octanol–water partition coefficient (Wildman–Crippen LogP) is 1.20. The average molecular weight is 276 g/mol. The van der Waals surface area contributed by atoms with Gasteiger partial charge in [0, 0.05) is 12.0 Å². The Hall–Kier alpha value is -1.86. The van der Waals surface area contributed by atoms with Gasteiger partial charge in [0.15, 0.2) is 5.16 Å². The van der Waals surface area contributed by atoms with Crippen molar-refractivity contribution in [1.82, 2.24) is 14.8 Å². The molecule has 2 aromatic rings. The molecule has 1 atom stereocenters. The van der Waals surface area contributed by atoms with Crippen molar-refractivity contribution in [3.05, 3.63) is 29.8 Å². The van der Waals surface area contributed by atoms with Crippen LogP contribution in [0.2, 0.25) is 0 Å². The standard InChI is InChI=1S/C12H12N4O2S/c17-9-3-1-8(2-4-9)5-13-11-14-15-12-16(11)6-10(18)7-19-12/h1-5,10,17-18H,6-7H2/b13-5+/t10-/m1/s1. The van der Waals surface area contributed by atoms with E-state index < -0.39 is 6.10 Å². The first-order valence-electron chi connectivity index (χ1n) is 5.79. The van der Waals surface area contributed by atoms with Gasteiger partial charge in [-0.3, -0.25) is 4.57 Å². The summed E-state index contributed by atoms with van der Waals surface area (Å²) < 4.78 is 1.80. The molecule has 0 unspecified atom stereocenters. The van der Waals surface area contributed by atoms with Gasteiger partial charge in [0.2, 0.25) is 0 Å². The van der Waals surface area contributed by atoms with Crippen LogP contribution < -0.4 is 0 Å². The molecule has 0 saturated carbocycles. The van der Waals surface area contributed by atoms with E-state index in [1.54, 1.807) is 35.0 Å². The molecule has 0 spiro atoms. The summed E-state index contributed by atoms with van der Waals surface area (Å²) in [5.41, 5.74) is 0.860. The van der Waals surface area contributed by atoms with Gasteiger partial charge >= 0.3 is 0 Å². The van der Waals surface area contributed by atoms with Crippen molar-refractivity contribution in [3.63, 3.8) is 0 Å². The first kappa shape index (κ1) is 12.2. The number of aromatic hydroxyl groups is 1. The van der Waals surface area contributed by atoms with E-state index in [0.717, 1.165) is 10.7 Å². The summed E-state index contributed by atoms with van der Waals surface area (Å²) in [6.45, 7) is 0.470. The van der Waals surface area contributed by atoms with E-state index in [1.165, 1.54) is 11.8 Å². The molecule has 1 aromatic carbocycles. The first-order valence-corrected chi connectivity index (χ1v) is 6.78. The highest BCUT2D eigenvalue weighted by molar-refractivity contribution is 7.99. The van der Waals surface area contributed by atoms with E-state index in [0.29, 0.717) is 18.2 Å². The number of aliphatic imine (C=N–C) groups is 1. The Kier molecular flexibility index (Phi) is 3.22. The minimum absolute atomic E-state index is 0.219. The van der Waals surface area contributed by atoms with E-state index in [1.807, 2.05) is 0 Å². The number of aliphatic hydroxyl groups excluding tert-OH is 1. The maximum Gasteiger partial charge on any atom is 0.251 e. The quantitative estimate of drug-likeness (QED) is 0.805. The second-order valence-electron chi connectivity index (χ2n) is 4.21. The number of hydrogen-bond acceptors (Lipinski definition) is 6. The van der Waals surface area contributed by atoms with Crippen LogP contribution in [0, 0.1) is 0 Å². The number of thioether (sulfide) groups is 1. The SMILES string of the molecule is Oc1ccc(/C=N/c2nnc3n2C[C@@H](O)CS3)cc1. The van der Waals surface area contributed by atoms with Crippen molar-refractivity contribution in [3.8, 4) is 5.75 Å². The molecule has 0 saturated heterocycles. The molecule has 2 heterocycles. The molecular formula is C12H12N4O2S. The lowest BCUT2D eigenvalue weighted by Crippen LogP contribution is -2.23. The highest BCUT2D eigenvalue weighted by Crippen LogP contribution is 2.26. The molecule has 0 bridgehead atoms. The zero-order valence-electron chi connectivity index (χ0n) is 9.97. The first-order chi connectivity index (χ1) is 9.22. The van der Waals surface area contributed by atoms with E-state index in [4.69, 9.17) is 0 Å². The van der Waals surface area contributed by atoms with Gasteiger partial charge in [0.25, 0.3) is 5.95 Å². The number of hydrogen-bond donors (Lipinski definition) is 2. The third-order valence-corrected chi connectivity index (χ3v) is 3.83. The van der Waals surface area contributed by atoms with Gasteiger partial charge in [0.05, 0.1) is 12.6 Å². The fourth-order valence-electron chi connectivity index (χ4n) is 1.77. The fraction of sp³-hybridized carbons (Fsp3) is 0.250. The number of nitrogens with zero attached hydrogens (tertiary/aromatic N) is 4. The van der Waals surface area contributed by atoms with Crippen molar-refractivity contribution >= 4 is 23.9 Å². The lowest BCUT2D eigenvalue weighted by Gasteiger charge is -2.17. The molecule has 98 valence electrons. The Bertz CT molecular complexity index is 609. The highest BCUT2D eigenvalue weighted by atomic mass is 32.2. The van der Waals surface area contributed by atoms with Crippen LogP contribution in [0.1, 0.15) is 5.56 Å². The van der Waals surface area contributed by atoms with Gasteiger partial charge in [-0.15, -0.1) is 10.2 Å². The average Bonchev–Trinajstić information content (AvgIpc) is 2.80. The van der Waals surface area contributed by atoms with Gasteiger partial charge in [-0.1, -0.05) is 11.8 Å². The van der Waals surface area contributed by atoms with Crippen LogP contribution in [0.3, 0.4) is 0 Å². The monoisotopic (exact) mass is 276 g/mol. The minimum atomic E-state index is -0.392. The molecule has 0 radical (unpaired) electrons. The molecule has 1 aliphatic rings. The maximum absolute atomic E-state index is 9.64. The molecule has 7 heteroatoms. The van der Waals surface area contributed by atoms with Gasteiger partial charge in [-0.05, 0) is 29.8 Å². The van der Waals surface area contributed by atoms with Crippen molar-refractivity contribution in [2.24, 2.45) is 4.99 Å². The van der Waals surface area contributed by atoms with Gasteiger partial charge in [0.1, 0.15) is 5.75 Å². The number of aromatic nitrogens is 3. The smallest absolute Gasteiger partial charge is 0.251 e. The molecular weight excluding hydrogens is 264 g/mol. The molecule has 1 aliphatic heterocycles. The maximum atomic E-state index is 9.64. The summed E-state index contributed by atoms with van der Waals surface area (Å²) in [4.78, 5) is 4.27. The third-order valence-electron chi connectivity index (χ3n) is 2.72. The lowest BCUT2D eigenvalue weighted by atomic mass is 10.2. The molecule has 0 aliphatic carbocycles. The van der Waals surface area contributed by atoms with Gasteiger partial charge in [-0.2, -0.15) is 0 Å². The van der Waals surface area contributed by atoms with Crippen molar-refractivity contribution in [1.29, 1.82) is 0 Å². The summed E-state index contributed by atoms with van der Waals surface area (Å²) in [6.07, 6.45) is 1.26. The number of aliphatic hydroxyl groups is 1. The molecule has 1 aromatic heterocycles. The van der Waals surface area contributed by atoms with Gasteiger partial charge in [-0.25, -0.2) is 4.99 Å². The molecule has 3 rings (SSSR count). The van der Waals surface area contributed by atoms with Crippen molar-refractivity contribution in [2.75, 3.05) is 5.75 Å². The van der Waals surface area contributed by atoms with Crippen LogP contribution in [0.4, 0.5) is 5.95 Å². The molecule has 19 heavy (non-hydrogen) atoms. The van der Waals surface area contributed by atoms with Crippen molar-refractivity contribution in [2.45, 2.75) is 17.8 Å². The zero-order chi connectivity index (χ0) is 13.2. The van der Waals surface area contributed by atoms with Crippen LogP contribution in [0.5, 0.6) is 5.75 Å². The number of benzene rings is 1.